The number of hydrogen-bond acceptors (Lipinski definition) is 3. The van der Waals surface area contributed by atoms with Gasteiger partial charge in [-0.15, -0.1) is 0 Å². The van der Waals surface area contributed by atoms with E-state index in [4.69, 9.17) is 9.84 Å². The Kier molecular flexibility index (Phi) is 3.79. The van der Waals surface area contributed by atoms with Gasteiger partial charge in [-0.05, 0) is 24.3 Å². The summed E-state index contributed by atoms with van der Waals surface area (Å²) in [7, 11) is 1.82. The number of nitrogens with zero attached hydrogens (tertiary/aromatic N) is 2. The highest BCUT2D eigenvalue weighted by Crippen LogP contribution is 2.20. The summed E-state index contributed by atoms with van der Waals surface area (Å²) in [5, 5.41) is 13.0. The minimum atomic E-state index is -1.21. The third kappa shape index (κ3) is 3.09. The van der Waals surface area contributed by atoms with E-state index < -0.39 is 11.8 Å². The van der Waals surface area contributed by atoms with Gasteiger partial charge in [0.2, 0.25) is 0 Å². The predicted molar refractivity (Wildman–Crippen MR) is 65.8 cm³/mol. The standard InChI is InChI=1S/C13H13FN2O3/c1-16-10(4-6-15-16)5-7-19-12-3-2-9(14)8-11(12)13(17)18/h2-4,6,8H,5,7H2,1H3,(H,17,18). The van der Waals surface area contributed by atoms with Crippen LogP contribution in [-0.2, 0) is 13.5 Å². The molecule has 0 aliphatic rings. The van der Waals surface area contributed by atoms with Gasteiger partial charge in [0.15, 0.2) is 0 Å². The van der Waals surface area contributed by atoms with Gasteiger partial charge in [0, 0.05) is 25.4 Å². The van der Waals surface area contributed by atoms with Crippen LogP contribution in [-0.4, -0.2) is 27.5 Å². The first kappa shape index (κ1) is 13.1. The Morgan fingerprint density at radius 1 is 1.47 bits per heavy atom. The fraction of sp³-hybridized carbons (Fsp3) is 0.231. The zero-order valence-electron chi connectivity index (χ0n) is 10.3. The summed E-state index contributed by atoms with van der Waals surface area (Å²) < 4.78 is 20.1. The Balaban J connectivity index is 2.03. The lowest BCUT2D eigenvalue weighted by Gasteiger charge is -2.09. The highest BCUT2D eigenvalue weighted by atomic mass is 19.1. The molecule has 5 nitrogen and oxygen atoms in total. The molecule has 0 spiro atoms. The monoisotopic (exact) mass is 264 g/mol. The molecule has 100 valence electrons. The van der Waals surface area contributed by atoms with Crippen LogP contribution in [0.25, 0.3) is 0 Å². The number of halogens is 1. The summed E-state index contributed by atoms with van der Waals surface area (Å²) in [6.45, 7) is 0.297. The van der Waals surface area contributed by atoms with Crippen LogP contribution in [0.5, 0.6) is 5.75 Å². The number of hydrogen-bond donors (Lipinski definition) is 1. The molecule has 0 amide bonds. The Morgan fingerprint density at radius 3 is 2.89 bits per heavy atom. The molecule has 0 bridgehead atoms. The minimum absolute atomic E-state index is 0.163. The van der Waals surface area contributed by atoms with Crippen molar-refractivity contribution in [2.75, 3.05) is 6.61 Å². The third-order valence-electron chi connectivity index (χ3n) is 2.71. The second-order valence-corrected chi connectivity index (χ2v) is 3.99. The Morgan fingerprint density at radius 2 is 2.26 bits per heavy atom. The summed E-state index contributed by atoms with van der Waals surface area (Å²) in [4.78, 5) is 11.0. The van der Waals surface area contributed by atoms with Crippen LogP contribution >= 0.6 is 0 Å². The van der Waals surface area contributed by atoms with Crippen LogP contribution in [0, 0.1) is 5.82 Å². The zero-order valence-corrected chi connectivity index (χ0v) is 10.3. The van der Waals surface area contributed by atoms with Crippen molar-refractivity contribution >= 4 is 5.97 Å². The van der Waals surface area contributed by atoms with Gasteiger partial charge in [0.25, 0.3) is 0 Å². The highest BCUT2D eigenvalue weighted by Gasteiger charge is 2.12. The number of benzene rings is 1. The number of aromatic carboxylic acids is 1. The number of carbonyl (C=O) groups is 1. The second-order valence-electron chi connectivity index (χ2n) is 3.99. The maximum atomic E-state index is 13.0. The Hall–Kier alpha value is -2.37. The SMILES string of the molecule is Cn1nccc1CCOc1ccc(F)cc1C(=O)O. The molecule has 6 heteroatoms. The van der Waals surface area contributed by atoms with Gasteiger partial charge in [-0.1, -0.05) is 0 Å². The lowest BCUT2D eigenvalue weighted by Crippen LogP contribution is -2.09. The van der Waals surface area contributed by atoms with Crippen LogP contribution in [0.2, 0.25) is 0 Å². The molecule has 0 aliphatic carbocycles. The van der Waals surface area contributed by atoms with Gasteiger partial charge in [0.1, 0.15) is 17.1 Å². The van der Waals surface area contributed by atoms with E-state index in [0.29, 0.717) is 13.0 Å². The van der Waals surface area contributed by atoms with E-state index in [1.165, 1.54) is 12.1 Å². The average Bonchev–Trinajstić information content (AvgIpc) is 2.77. The second kappa shape index (κ2) is 5.51. The van der Waals surface area contributed by atoms with E-state index in [-0.39, 0.29) is 11.3 Å². The summed E-state index contributed by atoms with van der Waals surface area (Å²) in [6.07, 6.45) is 2.27. The summed E-state index contributed by atoms with van der Waals surface area (Å²) >= 11 is 0. The van der Waals surface area contributed by atoms with Gasteiger partial charge >= 0.3 is 5.97 Å². The zero-order chi connectivity index (χ0) is 13.8. The molecule has 2 rings (SSSR count). The van der Waals surface area contributed by atoms with Gasteiger partial charge in [-0.3, -0.25) is 4.68 Å². The van der Waals surface area contributed by atoms with Crippen molar-refractivity contribution in [1.29, 1.82) is 0 Å². The van der Waals surface area contributed by atoms with Crippen LogP contribution in [0.1, 0.15) is 16.1 Å². The van der Waals surface area contributed by atoms with Crippen molar-refractivity contribution in [2.45, 2.75) is 6.42 Å². The normalized spacial score (nSPS) is 10.4. The quantitative estimate of drug-likeness (QED) is 0.895. The Labute approximate surface area is 109 Å². The van der Waals surface area contributed by atoms with Crippen molar-refractivity contribution in [2.24, 2.45) is 7.05 Å². The summed E-state index contributed by atoms with van der Waals surface area (Å²) in [6, 6.07) is 5.29. The molecular formula is C13H13FN2O3. The number of rotatable bonds is 5. The van der Waals surface area contributed by atoms with Crippen molar-refractivity contribution in [3.8, 4) is 5.75 Å². The predicted octanol–water partition coefficient (Wildman–Crippen LogP) is 1.88. The molecule has 19 heavy (non-hydrogen) atoms. The maximum Gasteiger partial charge on any atom is 0.339 e. The van der Waals surface area contributed by atoms with E-state index in [2.05, 4.69) is 5.10 Å². The number of carboxylic acids is 1. The molecule has 1 heterocycles. The molecule has 0 aliphatic heterocycles. The van der Waals surface area contributed by atoms with Gasteiger partial charge < -0.3 is 9.84 Å². The highest BCUT2D eigenvalue weighted by molar-refractivity contribution is 5.90. The van der Waals surface area contributed by atoms with E-state index in [1.807, 2.05) is 13.1 Å². The summed E-state index contributed by atoms with van der Waals surface area (Å²) in [5.74, 6) is -1.65. The van der Waals surface area contributed by atoms with Crippen LogP contribution in [0.4, 0.5) is 4.39 Å². The number of ether oxygens (including phenoxy) is 1. The first-order valence-electron chi connectivity index (χ1n) is 5.70. The minimum Gasteiger partial charge on any atom is -0.492 e. The van der Waals surface area contributed by atoms with Gasteiger partial charge in [-0.25, -0.2) is 9.18 Å². The topological polar surface area (TPSA) is 64.4 Å². The largest absolute Gasteiger partial charge is 0.492 e. The molecule has 1 N–H and O–H groups in total. The number of aromatic nitrogens is 2. The lowest BCUT2D eigenvalue weighted by atomic mass is 10.2. The summed E-state index contributed by atoms with van der Waals surface area (Å²) in [5.41, 5.74) is 0.795. The molecule has 0 saturated heterocycles. The molecule has 0 unspecified atom stereocenters. The van der Waals surface area contributed by atoms with E-state index in [1.54, 1.807) is 10.9 Å². The Bertz CT molecular complexity index is 595. The van der Waals surface area contributed by atoms with Gasteiger partial charge in [0.05, 0.1) is 6.61 Å². The fourth-order valence-electron chi connectivity index (χ4n) is 1.71. The first-order chi connectivity index (χ1) is 9.08. The molecule has 2 aromatic rings. The first-order valence-corrected chi connectivity index (χ1v) is 5.70. The van der Waals surface area contributed by atoms with Crippen LogP contribution in [0.15, 0.2) is 30.5 Å². The molecule has 0 atom stereocenters. The van der Waals surface area contributed by atoms with Crippen LogP contribution in [0.3, 0.4) is 0 Å². The number of carboxylic acid groups (broad SMARTS) is 1. The van der Waals surface area contributed by atoms with E-state index >= 15 is 0 Å². The van der Waals surface area contributed by atoms with E-state index in [0.717, 1.165) is 11.8 Å². The fourth-order valence-corrected chi connectivity index (χ4v) is 1.71. The lowest BCUT2D eigenvalue weighted by molar-refractivity contribution is 0.0691. The van der Waals surface area contributed by atoms with Crippen molar-refractivity contribution in [3.63, 3.8) is 0 Å². The number of aryl methyl sites for hydroxylation is 1. The van der Waals surface area contributed by atoms with Crippen molar-refractivity contribution in [1.82, 2.24) is 9.78 Å². The van der Waals surface area contributed by atoms with E-state index in [9.17, 15) is 9.18 Å². The van der Waals surface area contributed by atoms with Gasteiger partial charge in [-0.2, -0.15) is 5.10 Å². The third-order valence-corrected chi connectivity index (χ3v) is 2.71. The molecule has 0 radical (unpaired) electrons. The molecular weight excluding hydrogens is 251 g/mol. The van der Waals surface area contributed by atoms with Crippen molar-refractivity contribution in [3.05, 3.63) is 47.5 Å². The van der Waals surface area contributed by atoms with Crippen LogP contribution < -0.4 is 4.74 Å². The molecule has 0 fully saturated rings. The maximum absolute atomic E-state index is 13.0. The smallest absolute Gasteiger partial charge is 0.339 e. The molecule has 1 aromatic heterocycles. The molecule has 1 aromatic carbocycles. The average molecular weight is 264 g/mol. The molecule has 0 saturated carbocycles. The van der Waals surface area contributed by atoms with Crippen molar-refractivity contribution < 1.29 is 19.0 Å².